The maximum atomic E-state index is 11.5. The zero-order valence-corrected chi connectivity index (χ0v) is 9.25. The lowest BCUT2D eigenvalue weighted by molar-refractivity contribution is -0.115. The molecule has 15 heavy (non-hydrogen) atoms. The van der Waals surface area contributed by atoms with Gasteiger partial charge in [0.25, 0.3) is 0 Å². The molecule has 0 unspecified atom stereocenters. The van der Waals surface area contributed by atoms with Crippen LogP contribution in [0.1, 0.15) is 11.1 Å². The Balaban J connectivity index is 2.87. The number of sulfone groups is 1. The standard InChI is InChI=1S/C10H13NO3S/c1-8-4-2-3-5-9(8)6-15(13,14)7-10(11)12/h2-5H,6-7H2,1H3,(H2,11,12). The van der Waals surface area contributed by atoms with Gasteiger partial charge in [-0.1, -0.05) is 24.3 Å². The van der Waals surface area contributed by atoms with Crippen LogP contribution in [0.15, 0.2) is 24.3 Å². The van der Waals surface area contributed by atoms with E-state index >= 15 is 0 Å². The van der Waals surface area contributed by atoms with E-state index in [-0.39, 0.29) is 5.75 Å². The van der Waals surface area contributed by atoms with Crippen molar-refractivity contribution in [2.24, 2.45) is 5.73 Å². The predicted octanol–water partition coefficient (Wildman–Crippen LogP) is 0.395. The van der Waals surface area contributed by atoms with E-state index in [1.165, 1.54) is 0 Å². The Morgan fingerprint density at radius 1 is 1.33 bits per heavy atom. The molecule has 2 N–H and O–H groups in total. The molecule has 0 spiro atoms. The number of primary amides is 1. The fourth-order valence-electron chi connectivity index (χ4n) is 1.28. The van der Waals surface area contributed by atoms with E-state index in [2.05, 4.69) is 0 Å². The molecule has 0 fully saturated rings. The molecule has 4 nitrogen and oxygen atoms in total. The van der Waals surface area contributed by atoms with Gasteiger partial charge in [0.15, 0.2) is 9.84 Å². The van der Waals surface area contributed by atoms with Crippen molar-refractivity contribution in [3.8, 4) is 0 Å². The number of carbonyl (C=O) groups excluding carboxylic acids is 1. The number of amides is 1. The quantitative estimate of drug-likeness (QED) is 0.808. The molecule has 1 aromatic rings. The zero-order chi connectivity index (χ0) is 11.5. The third-order valence-electron chi connectivity index (χ3n) is 2.00. The first-order valence-corrected chi connectivity index (χ1v) is 6.26. The van der Waals surface area contributed by atoms with Crippen molar-refractivity contribution >= 4 is 15.7 Å². The highest BCUT2D eigenvalue weighted by Gasteiger charge is 2.15. The average Bonchev–Trinajstić information content (AvgIpc) is 2.06. The Kier molecular flexibility index (Phi) is 3.47. The molecule has 82 valence electrons. The molecule has 0 atom stereocenters. The van der Waals surface area contributed by atoms with Gasteiger partial charge in [-0.15, -0.1) is 0 Å². The predicted molar refractivity (Wildman–Crippen MR) is 57.9 cm³/mol. The summed E-state index contributed by atoms with van der Waals surface area (Å²) in [6.07, 6.45) is 0. The van der Waals surface area contributed by atoms with Gasteiger partial charge in [0, 0.05) is 0 Å². The van der Waals surface area contributed by atoms with E-state index in [0.717, 1.165) is 5.56 Å². The SMILES string of the molecule is Cc1ccccc1CS(=O)(=O)CC(N)=O. The first-order chi connectivity index (χ1) is 6.91. The number of nitrogens with two attached hydrogens (primary N) is 1. The van der Waals surface area contributed by atoms with Gasteiger partial charge in [0.1, 0.15) is 5.75 Å². The Morgan fingerprint density at radius 2 is 1.93 bits per heavy atom. The minimum Gasteiger partial charge on any atom is -0.369 e. The largest absolute Gasteiger partial charge is 0.369 e. The number of rotatable bonds is 4. The van der Waals surface area contributed by atoms with Gasteiger partial charge < -0.3 is 5.73 Å². The minimum atomic E-state index is -3.43. The van der Waals surface area contributed by atoms with Crippen LogP contribution in [0.25, 0.3) is 0 Å². The van der Waals surface area contributed by atoms with E-state index in [9.17, 15) is 13.2 Å². The Bertz CT molecular complexity index is 465. The third kappa shape index (κ3) is 3.71. The van der Waals surface area contributed by atoms with Gasteiger partial charge >= 0.3 is 0 Å². The monoisotopic (exact) mass is 227 g/mol. The molecule has 0 heterocycles. The van der Waals surface area contributed by atoms with Crippen LogP contribution < -0.4 is 5.73 Å². The van der Waals surface area contributed by atoms with Gasteiger partial charge in [-0.3, -0.25) is 4.79 Å². The fourth-order valence-corrected chi connectivity index (χ4v) is 2.61. The smallest absolute Gasteiger partial charge is 0.232 e. The molecular weight excluding hydrogens is 214 g/mol. The van der Waals surface area contributed by atoms with Crippen LogP contribution in [0.2, 0.25) is 0 Å². The molecule has 0 bridgehead atoms. The summed E-state index contributed by atoms with van der Waals surface area (Å²) in [7, 11) is -3.43. The van der Waals surface area contributed by atoms with Crippen LogP contribution >= 0.6 is 0 Å². The topological polar surface area (TPSA) is 77.2 Å². The maximum absolute atomic E-state index is 11.5. The Labute approximate surface area is 89.0 Å². The van der Waals surface area contributed by atoms with E-state index < -0.39 is 21.5 Å². The summed E-state index contributed by atoms with van der Waals surface area (Å²) in [5.41, 5.74) is 6.45. The fraction of sp³-hybridized carbons (Fsp3) is 0.300. The van der Waals surface area contributed by atoms with Crippen LogP contribution in [0.5, 0.6) is 0 Å². The molecule has 0 aliphatic rings. The van der Waals surface area contributed by atoms with Crippen molar-refractivity contribution in [2.75, 3.05) is 5.75 Å². The minimum absolute atomic E-state index is 0.136. The van der Waals surface area contributed by atoms with Crippen LogP contribution in [-0.4, -0.2) is 20.1 Å². The van der Waals surface area contributed by atoms with Gasteiger partial charge in [0.2, 0.25) is 5.91 Å². The van der Waals surface area contributed by atoms with Gasteiger partial charge in [0.05, 0.1) is 5.75 Å². The highest BCUT2D eigenvalue weighted by Crippen LogP contribution is 2.11. The summed E-state index contributed by atoms with van der Waals surface area (Å²) in [5.74, 6) is -1.55. The number of hydrogen-bond donors (Lipinski definition) is 1. The number of benzene rings is 1. The van der Waals surface area contributed by atoms with Gasteiger partial charge in [-0.05, 0) is 18.1 Å². The molecule has 0 saturated carbocycles. The molecule has 0 aromatic heterocycles. The molecule has 1 amide bonds. The molecular formula is C10H13NO3S. The van der Waals surface area contributed by atoms with Crippen LogP contribution in [0.3, 0.4) is 0 Å². The highest BCUT2D eigenvalue weighted by atomic mass is 32.2. The molecule has 5 heteroatoms. The number of hydrogen-bond acceptors (Lipinski definition) is 3. The molecule has 1 aromatic carbocycles. The summed E-state index contributed by atoms with van der Waals surface area (Å²) in [6.45, 7) is 1.83. The second-order valence-corrected chi connectivity index (χ2v) is 5.49. The highest BCUT2D eigenvalue weighted by molar-refractivity contribution is 7.91. The lowest BCUT2D eigenvalue weighted by atomic mass is 10.1. The Morgan fingerprint density at radius 3 is 2.47 bits per heavy atom. The van der Waals surface area contributed by atoms with E-state index in [1.807, 2.05) is 19.1 Å². The Hall–Kier alpha value is -1.36. The van der Waals surface area contributed by atoms with Crippen molar-refractivity contribution in [1.29, 1.82) is 0 Å². The van der Waals surface area contributed by atoms with Crippen molar-refractivity contribution in [3.05, 3.63) is 35.4 Å². The lowest BCUT2D eigenvalue weighted by Crippen LogP contribution is -2.24. The summed E-state index contributed by atoms with van der Waals surface area (Å²) in [5, 5.41) is 0. The van der Waals surface area contributed by atoms with E-state index in [1.54, 1.807) is 12.1 Å². The van der Waals surface area contributed by atoms with Crippen molar-refractivity contribution < 1.29 is 13.2 Å². The van der Waals surface area contributed by atoms with Gasteiger partial charge in [-0.2, -0.15) is 0 Å². The molecule has 0 saturated heterocycles. The second kappa shape index (κ2) is 4.44. The van der Waals surface area contributed by atoms with Crippen LogP contribution in [-0.2, 0) is 20.4 Å². The molecule has 0 aliphatic carbocycles. The molecule has 0 aliphatic heterocycles. The van der Waals surface area contributed by atoms with Crippen molar-refractivity contribution in [3.63, 3.8) is 0 Å². The summed E-state index contributed by atoms with van der Waals surface area (Å²) < 4.78 is 22.9. The van der Waals surface area contributed by atoms with Crippen LogP contribution in [0.4, 0.5) is 0 Å². The average molecular weight is 227 g/mol. The number of carbonyl (C=O) groups is 1. The first-order valence-electron chi connectivity index (χ1n) is 4.44. The first kappa shape index (κ1) is 11.7. The van der Waals surface area contributed by atoms with E-state index in [0.29, 0.717) is 5.56 Å². The van der Waals surface area contributed by atoms with Crippen molar-refractivity contribution in [1.82, 2.24) is 0 Å². The summed E-state index contributed by atoms with van der Waals surface area (Å²) >= 11 is 0. The normalized spacial score (nSPS) is 11.3. The van der Waals surface area contributed by atoms with Gasteiger partial charge in [-0.25, -0.2) is 8.42 Å². The third-order valence-corrected chi connectivity index (χ3v) is 3.47. The summed E-state index contributed by atoms with van der Waals surface area (Å²) in [4.78, 5) is 10.5. The number of aryl methyl sites for hydroxylation is 1. The molecule has 1 rings (SSSR count). The lowest BCUT2D eigenvalue weighted by Gasteiger charge is -2.05. The summed E-state index contributed by atoms with van der Waals surface area (Å²) in [6, 6.07) is 7.16. The second-order valence-electron chi connectivity index (χ2n) is 3.43. The maximum Gasteiger partial charge on any atom is 0.232 e. The van der Waals surface area contributed by atoms with E-state index in [4.69, 9.17) is 5.73 Å². The van der Waals surface area contributed by atoms with Crippen LogP contribution in [0, 0.1) is 6.92 Å². The van der Waals surface area contributed by atoms with Crippen molar-refractivity contribution in [2.45, 2.75) is 12.7 Å². The molecule has 0 radical (unpaired) electrons. The zero-order valence-electron chi connectivity index (χ0n) is 8.43.